The SMILES string of the molecule is [CH2]CCC=C(Cl)C(Cl)(Cl)Cl. The van der Waals surface area contributed by atoms with Crippen molar-refractivity contribution in [2.75, 3.05) is 0 Å². The highest BCUT2D eigenvalue weighted by Crippen LogP contribution is 2.37. The van der Waals surface area contributed by atoms with E-state index in [9.17, 15) is 0 Å². The van der Waals surface area contributed by atoms with Crippen LogP contribution in [0.5, 0.6) is 0 Å². The molecular weight excluding hydrogens is 214 g/mol. The second-order valence-electron chi connectivity index (χ2n) is 1.69. The molecule has 0 nitrogen and oxygen atoms in total. The quantitative estimate of drug-likeness (QED) is 0.615. The number of alkyl halides is 3. The van der Waals surface area contributed by atoms with E-state index < -0.39 is 3.79 Å². The molecule has 10 heavy (non-hydrogen) atoms. The van der Waals surface area contributed by atoms with Crippen molar-refractivity contribution in [3.05, 3.63) is 18.0 Å². The van der Waals surface area contributed by atoms with Gasteiger partial charge in [-0.25, -0.2) is 0 Å². The summed E-state index contributed by atoms with van der Waals surface area (Å²) in [5.41, 5.74) is 0. The lowest BCUT2D eigenvalue weighted by atomic mass is 10.3. The summed E-state index contributed by atoms with van der Waals surface area (Å²) >= 11 is 21.9. The first-order chi connectivity index (χ1) is 4.48. The molecule has 0 aliphatic carbocycles. The molecule has 4 heteroatoms. The number of halogens is 4. The number of rotatable bonds is 2. The van der Waals surface area contributed by atoms with Crippen LogP contribution < -0.4 is 0 Å². The standard InChI is InChI=1S/C6H7Cl4/c1-2-3-4-5(7)6(8,9)10/h4H,1-3H2. The Kier molecular flexibility index (Phi) is 5.14. The molecule has 0 amide bonds. The van der Waals surface area contributed by atoms with Gasteiger partial charge in [0, 0.05) is 0 Å². The van der Waals surface area contributed by atoms with Gasteiger partial charge in [0.15, 0.2) is 0 Å². The number of hydrogen-bond donors (Lipinski definition) is 0. The first kappa shape index (κ1) is 10.9. The van der Waals surface area contributed by atoms with Crippen LogP contribution in [0.3, 0.4) is 0 Å². The summed E-state index contributed by atoms with van der Waals surface area (Å²) in [4.78, 5) is 0. The van der Waals surface area contributed by atoms with Gasteiger partial charge in [0.2, 0.25) is 3.79 Å². The predicted octanol–water partition coefficient (Wildman–Crippen LogP) is 4.09. The van der Waals surface area contributed by atoms with Crippen LogP contribution in [0.15, 0.2) is 11.1 Å². The molecule has 0 aliphatic heterocycles. The van der Waals surface area contributed by atoms with Crippen molar-refractivity contribution in [3.63, 3.8) is 0 Å². The Balaban J connectivity index is 3.93. The molecule has 0 spiro atoms. The van der Waals surface area contributed by atoms with Gasteiger partial charge in [0.1, 0.15) is 0 Å². The fraction of sp³-hybridized carbons (Fsp3) is 0.500. The van der Waals surface area contributed by atoms with E-state index in [1.54, 1.807) is 6.08 Å². The van der Waals surface area contributed by atoms with Crippen LogP contribution in [0.25, 0.3) is 0 Å². The molecule has 0 saturated carbocycles. The van der Waals surface area contributed by atoms with Gasteiger partial charge in [-0.3, -0.25) is 0 Å². The summed E-state index contributed by atoms with van der Waals surface area (Å²) in [5, 5.41) is 0.237. The molecule has 0 aliphatic rings. The van der Waals surface area contributed by atoms with Crippen LogP contribution in [0.4, 0.5) is 0 Å². The highest BCUT2D eigenvalue weighted by atomic mass is 35.6. The van der Waals surface area contributed by atoms with Crippen LogP contribution >= 0.6 is 46.4 Å². The fourth-order valence-electron chi connectivity index (χ4n) is 0.345. The van der Waals surface area contributed by atoms with E-state index in [1.165, 1.54) is 0 Å². The van der Waals surface area contributed by atoms with Crippen molar-refractivity contribution in [1.82, 2.24) is 0 Å². The molecule has 0 aromatic carbocycles. The van der Waals surface area contributed by atoms with Crippen molar-refractivity contribution in [3.8, 4) is 0 Å². The Bertz CT molecular complexity index is 122. The van der Waals surface area contributed by atoms with E-state index in [2.05, 4.69) is 6.92 Å². The maximum atomic E-state index is 5.57. The molecular formula is C6H7Cl4. The zero-order chi connectivity index (χ0) is 8.20. The maximum absolute atomic E-state index is 5.57. The van der Waals surface area contributed by atoms with Gasteiger partial charge in [0.25, 0.3) is 0 Å². The summed E-state index contributed by atoms with van der Waals surface area (Å²) in [6.45, 7) is 3.61. The minimum atomic E-state index is -1.48. The monoisotopic (exact) mass is 219 g/mol. The smallest absolute Gasteiger partial charge is 0.0848 e. The normalized spacial score (nSPS) is 13.9. The second kappa shape index (κ2) is 4.71. The van der Waals surface area contributed by atoms with Crippen LogP contribution in [-0.4, -0.2) is 3.79 Å². The third-order valence-corrected chi connectivity index (χ3v) is 2.14. The number of hydrogen-bond acceptors (Lipinski definition) is 0. The van der Waals surface area contributed by atoms with Crippen molar-refractivity contribution in [2.45, 2.75) is 16.6 Å². The lowest BCUT2D eigenvalue weighted by Crippen LogP contribution is -2.00. The average molecular weight is 221 g/mol. The fourth-order valence-corrected chi connectivity index (χ4v) is 0.685. The minimum absolute atomic E-state index is 0.237. The first-order valence-corrected chi connectivity index (χ1v) is 4.21. The lowest BCUT2D eigenvalue weighted by molar-refractivity contribution is 1.04. The van der Waals surface area contributed by atoms with Crippen LogP contribution in [0.1, 0.15) is 12.8 Å². The lowest BCUT2D eigenvalue weighted by Gasteiger charge is -2.07. The van der Waals surface area contributed by atoms with E-state index in [0.29, 0.717) is 0 Å². The Labute approximate surface area is 81.1 Å². The predicted molar refractivity (Wildman–Crippen MR) is 48.8 cm³/mol. The van der Waals surface area contributed by atoms with Gasteiger partial charge in [-0.05, 0) is 12.8 Å². The number of allylic oxidation sites excluding steroid dienone is 2. The van der Waals surface area contributed by atoms with Crippen molar-refractivity contribution in [2.24, 2.45) is 0 Å². The highest BCUT2D eigenvalue weighted by Gasteiger charge is 2.23. The molecule has 0 aromatic rings. The molecule has 0 bridgehead atoms. The van der Waals surface area contributed by atoms with Gasteiger partial charge in [-0.2, -0.15) is 0 Å². The van der Waals surface area contributed by atoms with Crippen LogP contribution in [-0.2, 0) is 0 Å². The Morgan fingerprint density at radius 3 is 2.20 bits per heavy atom. The zero-order valence-electron chi connectivity index (χ0n) is 5.21. The highest BCUT2D eigenvalue weighted by molar-refractivity contribution is 6.72. The summed E-state index contributed by atoms with van der Waals surface area (Å²) in [6, 6.07) is 0. The molecule has 0 atom stereocenters. The summed E-state index contributed by atoms with van der Waals surface area (Å²) in [6.07, 6.45) is 3.13. The second-order valence-corrected chi connectivity index (χ2v) is 4.38. The minimum Gasteiger partial charge on any atom is -0.0848 e. The molecule has 0 fully saturated rings. The topological polar surface area (TPSA) is 0 Å². The molecule has 1 radical (unpaired) electrons. The molecule has 0 rings (SSSR count). The zero-order valence-corrected chi connectivity index (χ0v) is 8.23. The summed E-state index contributed by atoms with van der Waals surface area (Å²) in [5.74, 6) is 0. The number of unbranched alkanes of at least 4 members (excludes halogenated alkanes) is 1. The summed E-state index contributed by atoms with van der Waals surface area (Å²) < 4.78 is -1.48. The molecule has 0 N–H and O–H groups in total. The Morgan fingerprint density at radius 1 is 1.40 bits per heavy atom. The van der Waals surface area contributed by atoms with Gasteiger partial charge >= 0.3 is 0 Å². The van der Waals surface area contributed by atoms with Gasteiger partial charge < -0.3 is 0 Å². The third kappa shape index (κ3) is 4.68. The third-order valence-electron chi connectivity index (χ3n) is 0.798. The van der Waals surface area contributed by atoms with Crippen LogP contribution in [0, 0.1) is 6.92 Å². The summed E-state index contributed by atoms with van der Waals surface area (Å²) in [7, 11) is 0. The molecule has 0 heterocycles. The van der Waals surface area contributed by atoms with Crippen molar-refractivity contribution in [1.29, 1.82) is 0 Å². The van der Waals surface area contributed by atoms with Crippen molar-refractivity contribution >= 4 is 46.4 Å². The van der Waals surface area contributed by atoms with E-state index in [4.69, 9.17) is 46.4 Å². The van der Waals surface area contributed by atoms with E-state index in [-0.39, 0.29) is 5.03 Å². The molecule has 59 valence electrons. The van der Waals surface area contributed by atoms with E-state index in [1.807, 2.05) is 0 Å². The molecule has 0 aromatic heterocycles. The first-order valence-electron chi connectivity index (χ1n) is 2.70. The molecule has 0 unspecified atom stereocenters. The van der Waals surface area contributed by atoms with Crippen LogP contribution in [0.2, 0.25) is 0 Å². The molecule has 0 saturated heterocycles. The van der Waals surface area contributed by atoms with Crippen molar-refractivity contribution < 1.29 is 0 Å². The Hall–Kier alpha value is 0.900. The van der Waals surface area contributed by atoms with E-state index >= 15 is 0 Å². The van der Waals surface area contributed by atoms with Gasteiger partial charge in [0.05, 0.1) is 5.03 Å². The van der Waals surface area contributed by atoms with Gasteiger partial charge in [-0.15, -0.1) is 0 Å². The van der Waals surface area contributed by atoms with Gasteiger partial charge in [-0.1, -0.05) is 59.4 Å². The Morgan fingerprint density at radius 2 is 1.90 bits per heavy atom. The van der Waals surface area contributed by atoms with E-state index in [0.717, 1.165) is 12.8 Å². The largest absolute Gasteiger partial charge is 0.226 e. The maximum Gasteiger partial charge on any atom is 0.226 e. The average Bonchev–Trinajstić information content (AvgIpc) is 1.80.